The van der Waals surface area contributed by atoms with Crippen molar-refractivity contribution in [3.63, 3.8) is 0 Å². The van der Waals surface area contributed by atoms with Crippen LogP contribution in [0.15, 0.2) is 40.9 Å². The Morgan fingerprint density at radius 2 is 1.90 bits per heavy atom. The van der Waals surface area contributed by atoms with Gasteiger partial charge in [-0.1, -0.05) is 6.07 Å². The molecule has 0 saturated carbocycles. The van der Waals surface area contributed by atoms with E-state index in [1.165, 1.54) is 24.3 Å². The molecule has 0 fully saturated rings. The highest BCUT2D eigenvalue weighted by Gasteiger charge is 2.08. The minimum absolute atomic E-state index is 0.0331. The average Bonchev–Trinajstić information content (AvgIpc) is 2.36. The molecule has 0 aliphatic carbocycles. The van der Waals surface area contributed by atoms with E-state index in [4.69, 9.17) is 10.5 Å². The van der Waals surface area contributed by atoms with Gasteiger partial charge in [0.1, 0.15) is 11.6 Å². The van der Waals surface area contributed by atoms with E-state index in [0.29, 0.717) is 12.2 Å². The second-order valence-electron chi connectivity index (χ2n) is 4.62. The Morgan fingerprint density at radius 1 is 1.15 bits per heavy atom. The smallest absolute Gasteiger partial charge is 0.165 e. The van der Waals surface area contributed by atoms with Crippen molar-refractivity contribution in [1.29, 1.82) is 0 Å². The largest absolute Gasteiger partial charge is 0.454 e. The maximum absolute atomic E-state index is 13.9. The van der Waals surface area contributed by atoms with Crippen LogP contribution < -0.4 is 10.5 Å². The van der Waals surface area contributed by atoms with E-state index in [2.05, 4.69) is 15.9 Å². The van der Waals surface area contributed by atoms with Crippen molar-refractivity contribution in [2.24, 2.45) is 5.73 Å². The zero-order chi connectivity index (χ0) is 14.7. The predicted octanol–water partition coefficient (Wildman–Crippen LogP) is 4.41. The van der Waals surface area contributed by atoms with Crippen molar-refractivity contribution in [3.8, 4) is 11.5 Å². The predicted molar refractivity (Wildman–Crippen MR) is 77.9 cm³/mol. The molecule has 2 N–H and O–H groups in total. The third-order valence-corrected chi connectivity index (χ3v) is 3.28. The molecular weight excluding hydrogens is 328 g/mol. The molecule has 0 aliphatic rings. The third kappa shape index (κ3) is 3.77. The van der Waals surface area contributed by atoms with Crippen molar-refractivity contribution in [2.75, 3.05) is 0 Å². The van der Waals surface area contributed by atoms with Crippen LogP contribution in [-0.2, 0) is 6.42 Å². The number of ether oxygens (including phenoxy) is 1. The number of halogens is 3. The van der Waals surface area contributed by atoms with Gasteiger partial charge in [-0.15, -0.1) is 0 Å². The number of nitrogens with two attached hydrogens (primary N) is 1. The van der Waals surface area contributed by atoms with E-state index in [-0.39, 0.29) is 16.3 Å². The maximum Gasteiger partial charge on any atom is 0.165 e. The van der Waals surface area contributed by atoms with Crippen LogP contribution in [-0.4, -0.2) is 6.04 Å². The third-order valence-electron chi connectivity index (χ3n) is 2.67. The van der Waals surface area contributed by atoms with Crippen molar-refractivity contribution < 1.29 is 13.5 Å². The minimum atomic E-state index is -0.469. The Kier molecular flexibility index (Phi) is 4.73. The molecule has 20 heavy (non-hydrogen) atoms. The summed E-state index contributed by atoms with van der Waals surface area (Å²) in [6, 6.07) is 8.82. The molecule has 0 amide bonds. The van der Waals surface area contributed by atoms with Crippen LogP contribution in [0, 0.1) is 11.6 Å². The Labute approximate surface area is 124 Å². The van der Waals surface area contributed by atoms with Crippen LogP contribution in [0.5, 0.6) is 11.5 Å². The second kappa shape index (κ2) is 6.33. The van der Waals surface area contributed by atoms with Crippen molar-refractivity contribution in [2.45, 2.75) is 19.4 Å². The lowest BCUT2D eigenvalue weighted by Crippen LogP contribution is -2.17. The first kappa shape index (κ1) is 14.9. The molecule has 2 aromatic carbocycles. The molecule has 0 bridgehead atoms. The SMILES string of the molecule is CC(N)Cc1ccc(Oc2ccc(F)c(Br)c2)c(F)c1. The Hall–Kier alpha value is -1.46. The summed E-state index contributed by atoms with van der Waals surface area (Å²) >= 11 is 3.05. The first-order valence-electron chi connectivity index (χ1n) is 6.12. The van der Waals surface area contributed by atoms with E-state index in [1.807, 2.05) is 6.92 Å². The zero-order valence-corrected chi connectivity index (χ0v) is 12.5. The summed E-state index contributed by atoms with van der Waals surface area (Å²) < 4.78 is 32.7. The van der Waals surface area contributed by atoms with Crippen LogP contribution >= 0.6 is 15.9 Å². The van der Waals surface area contributed by atoms with Gasteiger partial charge in [-0.05, 0) is 65.2 Å². The van der Waals surface area contributed by atoms with Gasteiger partial charge in [0.2, 0.25) is 0 Å². The molecule has 2 aromatic rings. The fraction of sp³-hybridized carbons (Fsp3) is 0.200. The Morgan fingerprint density at radius 3 is 2.50 bits per heavy atom. The van der Waals surface area contributed by atoms with Crippen LogP contribution in [0.2, 0.25) is 0 Å². The molecule has 0 spiro atoms. The lowest BCUT2D eigenvalue weighted by Gasteiger charge is -2.10. The lowest BCUT2D eigenvalue weighted by molar-refractivity contribution is 0.440. The number of hydrogen-bond donors (Lipinski definition) is 1. The van der Waals surface area contributed by atoms with Gasteiger partial charge in [0.15, 0.2) is 11.6 Å². The molecule has 5 heteroatoms. The molecule has 0 aromatic heterocycles. The van der Waals surface area contributed by atoms with Crippen molar-refractivity contribution in [3.05, 3.63) is 58.1 Å². The van der Waals surface area contributed by atoms with Crippen LogP contribution in [0.1, 0.15) is 12.5 Å². The summed E-state index contributed by atoms with van der Waals surface area (Å²) in [6.07, 6.45) is 0.597. The summed E-state index contributed by atoms with van der Waals surface area (Å²) in [7, 11) is 0. The molecule has 0 radical (unpaired) electrons. The van der Waals surface area contributed by atoms with Gasteiger partial charge in [-0.25, -0.2) is 8.78 Å². The van der Waals surface area contributed by atoms with Crippen molar-refractivity contribution in [1.82, 2.24) is 0 Å². The molecule has 1 unspecified atom stereocenters. The normalized spacial score (nSPS) is 12.2. The zero-order valence-electron chi connectivity index (χ0n) is 10.9. The van der Waals surface area contributed by atoms with E-state index >= 15 is 0 Å². The molecule has 1 atom stereocenters. The van der Waals surface area contributed by atoms with E-state index in [1.54, 1.807) is 12.1 Å². The molecule has 2 rings (SSSR count). The average molecular weight is 342 g/mol. The molecule has 0 heterocycles. The van der Waals surface area contributed by atoms with E-state index in [0.717, 1.165) is 5.56 Å². The van der Waals surface area contributed by atoms with Crippen LogP contribution in [0.25, 0.3) is 0 Å². The van der Waals surface area contributed by atoms with Gasteiger partial charge >= 0.3 is 0 Å². The molecular formula is C15H14BrF2NO. The van der Waals surface area contributed by atoms with Crippen LogP contribution in [0.4, 0.5) is 8.78 Å². The van der Waals surface area contributed by atoms with Gasteiger partial charge in [0.05, 0.1) is 4.47 Å². The number of hydrogen-bond acceptors (Lipinski definition) is 2. The fourth-order valence-corrected chi connectivity index (χ4v) is 2.15. The number of benzene rings is 2. The van der Waals surface area contributed by atoms with Gasteiger partial charge in [-0.3, -0.25) is 0 Å². The van der Waals surface area contributed by atoms with Gasteiger partial charge in [-0.2, -0.15) is 0 Å². The standard InChI is InChI=1S/C15H14BrF2NO/c1-9(19)6-10-2-5-15(14(18)7-10)20-11-3-4-13(17)12(16)8-11/h2-5,7-9H,6,19H2,1H3. The van der Waals surface area contributed by atoms with Gasteiger partial charge < -0.3 is 10.5 Å². The highest BCUT2D eigenvalue weighted by atomic mass is 79.9. The summed E-state index contributed by atoms with van der Waals surface area (Å²) in [6.45, 7) is 1.86. The van der Waals surface area contributed by atoms with Gasteiger partial charge in [0.25, 0.3) is 0 Å². The Bertz CT molecular complexity index is 617. The topological polar surface area (TPSA) is 35.2 Å². The van der Waals surface area contributed by atoms with Crippen molar-refractivity contribution >= 4 is 15.9 Å². The highest BCUT2D eigenvalue weighted by molar-refractivity contribution is 9.10. The highest BCUT2D eigenvalue weighted by Crippen LogP contribution is 2.28. The van der Waals surface area contributed by atoms with Gasteiger partial charge in [0, 0.05) is 6.04 Å². The summed E-state index contributed by atoms with van der Waals surface area (Å²) in [5, 5.41) is 0. The van der Waals surface area contributed by atoms with E-state index in [9.17, 15) is 8.78 Å². The Balaban J connectivity index is 2.19. The lowest BCUT2D eigenvalue weighted by atomic mass is 10.1. The first-order valence-corrected chi connectivity index (χ1v) is 6.92. The molecule has 0 aliphatic heterocycles. The molecule has 0 saturated heterocycles. The number of rotatable bonds is 4. The fourth-order valence-electron chi connectivity index (χ4n) is 1.79. The maximum atomic E-state index is 13.9. The van der Waals surface area contributed by atoms with E-state index < -0.39 is 11.6 Å². The molecule has 106 valence electrons. The first-order chi connectivity index (χ1) is 9.45. The monoisotopic (exact) mass is 341 g/mol. The van der Waals surface area contributed by atoms with Crippen LogP contribution in [0.3, 0.4) is 0 Å². The summed E-state index contributed by atoms with van der Waals surface area (Å²) in [4.78, 5) is 0. The quantitative estimate of drug-likeness (QED) is 0.893. The second-order valence-corrected chi connectivity index (χ2v) is 5.48. The summed E-state index contributed by atoms with van der Waals surface area (Å²) in [5.74, 6) is -0.414. The molecule has 2 nitrogen and oxygen atoms in total. The summed E-state index contributed by atoms with van der Waals surface area (Å²) in [5.41, 5.74) is 6.48. The minimum Gasteiger partial charge on any atom is -0.454 e.